The van der Waals surface area contributed by atoms with Gasteiger partial charge in [-0.3, -0.25) is 4.79 Å². The van der Waals surface area contributed by atoms with Crippen LogP contribution in [0.5, 0.6) is 0 Å². The second-order valence-corrected chi connectivity index (χ2v) is 6.05. The minimum absolute atomic E-state index is 0.252. The molecule has 0 atom stereocenters. The molecule has 21 heavy (non-hydrogen) atoms. The van der Waals surface area contributed by atoms with Crippen molar-refractivity contribution >= 4 is 45.0 Å². The molecule has 1 aromatic heterocycles. The third-order valence-corrected chi connectivity index (χ3v) is 3.94. The second kappa shape index (κ2) is 7.20. The zero-order valence-electron chi connectivity index (χ0n) is 11.2. The average molecular weight is 389 g/mol. The van der Waals surface area contributed by atoms with Gasteiger partial charge in [0.2, 0.25) is 0 Å². The van der Waals surface area contributed by atoms with Crippen LogP contribution in [0.15, 0.2) is 28.9 Å². The van der Waals surface area contributed by atoms with Crippen molar-refractivity contribution in [3.8, 4) is 0 Å². The van der Waals surface area contributed by atoms with E-state index < -0.39 is 0 Å². The van der Waals surface area contributed by atoms with Crippen molar-refractivity contribution in [1.29, 1.82) is 0 Å². The van der Waals surface area contributed by atoms with Crippen molar-refractivity contribution in [3.63, 3.8) is 0 Å². The van der Waals surface area contributed by atoms with E-state index in [1.165, 1.54) is 0 Å². The molecule has 1 heterocycles. The van der Waals surface area contributed by atoms with Crippen LogP contribution in [-0.2, 0) is 6.42 Å². The van der Waals surface area contributed by atoms with E-state index in [4.69, 9.17) is 23.2 Å². The fraction of sp³-hybridized carbons (Fsp3) is 0.214. The van der Waals surface area contributed by atoms with Gasteiger partial charge < -0.3 is 5.32 Å². The summed E-state index contributed by atoms with van der Waals surface area (Å²) in [5, 5.41) is 3.99. The number of nitrogens with zero attached hydrogens (tertiary/aromatic N) is 2. The molecule has 0 unspecified atom stereocenters. The fourth-order valence-electron chi connectivity index (χ4n) is 1.73. The smallest absolute Gasteiger partial charge is 0.271 e. The van der Waals surface area contributed by atoms with Gasteiger partial charge in [0.1, 0.15) is 11.5 Å². The van der Waals surface area contributed by atoms with Gasteiger partial charge in [-0.15, -0.1) is 0 Å². The number of aromatic nitrogens is 2. The summed E-state index contributed by atoms with van der Waals surface area (Å²) in [4.78, 5) is 20.2. The summed E-state index contributed by atoms with van der Waals surface area (Å²) in [6.45, 7) is 2.19. The van der Waals surface area contributed by atoms with E-state index in [9.17, 15) is 4.79 Å². The van der Waals surface area contributed by atoms with Gasteiger partial charge in [0.05, 0.1) is 4.47 Å². The summed E-state index contributed by atoms with van der Waals surface area (Å²) < 4.78 is 0.565. The Balaban J connectivity index is 1.97. The van der Waals surface area contributed by atoms with E-state index in [0.29, 0.717) is 39.0 Å². The lowest BCUT2D eigenvalue weighted by atomic mass is 10.1. The van der Waals surface area contributed by atoms with E-state index in [0.717, 1.165) is 5.56 Å². The van der Waals surface area contributed by atoms with E-state index >= 15 is 0 Å². The van der Waals surface area contributed by atoms with Gasteiger partial charge in [-0.25, -0.2) is 9.97 Å². The molecule has 0 saturated carbocycles. The standard InChI is InChI=1S/C14H12BrCl2N3O/c1-8-19-7-11(15)13(20-8)14(21)18-5-4-9-2-3-10(16)6-12(9)17/h2-3,6-7H,4-5H2,1H3,(H,18,21). The first-order valence-electron chi connectivity index (χ1n) is 6.18. The lowest BCUT2D eigenvalue weighted by Gasteiger charge is -2.08. The molecule has 0 radical (unpaired) electrons. The highest BCUT2D eigenvalue weighted by atomic mass is 79.9. The monoisotopic (exact) mass is 387 g/mol. The Morgan fingerprint density at radius 2 is 2.14 bits per heavy atom. The maximum atomic E-state index is 12.1. The van der Waals surface area contributed by atoms with Crippen LogP contribution in [0.25, 0.3) is 0 Å². The van der Waals surface area contributed by atoms with Crippen LogP contribution < -0.4 is 5.32 Å². The van der Waals surface area contributed by atoms with Crippen LogP contribution in [0, 0.1) is 6.92 Å². The predicted octanol–water partition coefficient (Wildman–Crippen LogP) is 3.83. The van der Waals surface area contributed by atoms with Crippen LogP contribution >= 0.6 is 39.1 Å². The molecule has 7 heteroatoms. The number of halogens is 3. The molecule has 2 rings (SSSR count). The summed E-state index contributed by atoms with van der Waals surface area (Å²) >= 11 is 15.2. The van der Waals surface area contributed by atoms with Crippen molar-refractivity contribution in [2.45, 2.75) is 13.3 Å². The Labute approximate surface area is 141 Å². The summed E-state index contributed by atoms with van der Waals surface area (Å²) in [5.41, 5.74) is 1.25. The van der Waals surface area contributed by atoms with Gasteiger partial charge in [0.15, 0.2) is 0 Å². The summed E-state index contributed by atoms with van der Waals surface area (Å²) in [6, 6.07) is 5.31. The van der Waals surface area contributed by atoms with Gasteiger partial charge in [0.25, 0.3) is 5.91 Å². The quantitative estimate of drug-likeness (QED) is 0.865. The van der Waals surface area contributed by atoms with Crippen molar-refractivity contribution < 1.29 is 4.79 Å². The number of rotatable bonds is 4. The molecule has 0 saturated heterocycles. The zero-order valence-corrected chi connectivity index (χ0v) is 14.3. The number of amides is 1. The average Bonchev–Trinajstić information content (AvgIpc) is 2.43. The van der Waals surface area contributed by atoms with Crippen LogP contribution in [0.3, 0.4) is 0 Å². The number of nitrogens with one attached hydrogen (secondary N) is 1. The second-order valence-electron chi connectivity index (χ2n) is 4.36. The predicted molar refractivity (Wildman–Crippen MR) is 87.0 cm³/mol. The molecule has 0 bridgehead atoms. The molecule has 1 amide bonds. The van der Waals surface area contributed by atoms with Gasteiger partial charge in [-0.2, -0.15) is 0 Å². The minimum Gasteiger partial charge on any atom is -0.350 e. The van der Waals surface area contributed by atoms with E-state index in [-0.39, 0.29) is 5.91 Å². The zero-order chi connectivity index (χ0) is 15.4. The molecule has 0 aliphatic carbocycles. The highest BCUT2D eigenvalue weighted by Gasteiger charge is 2.12. The van der Waals surface area contributed by atoms with E-state index in [1.54, 1.807) is 25.3 Å². The van der Waals surface area contributed by atoms with Crippen molar-refractivity contribution in [2.24, 2.45) is 0 Å². The maximum absolute atomic E-state index is 12.1. The van der Waals surface area contributed by atoms with Gasteiger partial charge in [0, 0.05) is 22.8 Å². The first-order valence-corrected chi connectivity index (χ1v) is 7.73. The first kappa shape index (κ1) is 16.2. The first-order chi connectivity index (χ1) is 9.97. The fourth-order valence-corrected chi connectivity index (χ4v) is 2.61. The highest BCUT2D eigenvalue weighted by Crippen LogP contribution is 2.21. The molecule has 4 nitrogen and oxygen atoms in total. The molecular formula is C14H12BrCl2N3O. The number of benzene rings is 1. The highest BCUT2D eigenvalue weighted by molar-refractivity contribution is 9.10. The normalized spacial score (nSPS) is 10.5. The van der Waals surface area contributed by atoms with Crippen LogP contribution in [0.4, 0.5) is 0 Å². The van der Waals surface area contributed by atoms with Crippen LogP contribution in [0.1, 0.15) is 21.9 Å². The number of carbonyl (C=O) groups excluding carboxylic acids is 1. The minimum atomic E-state index is -0.252. The van der Waals surface area contributed by atoms with Gasteiger partial charge in [-0.1, -0.05) is 29.3 Å². The number of hydrogen-bond acceptors (Lipinski definition) is 3. The Morgan fingerprint density at radius 3 is 2.86 bits per heavy atom. The molecule has 110 valence electrons. The molecule has 0 aliphatic rings. The Bertz CT molecular complexity index is 679. The summed E-state index contributed by atoms with van der Waals surface area (Å²) in [6.07, 6.45) is 2.18. The SMILES string of the molecule is Cc1ncc(Br)c(C(=O)NCCc2ccc(Cl)cc2Cl)n1. The molecule has 1 N–H and O–H groups in total. The Kier molecular flexibility index (Phi) is 5.56. The molecule has 0 fully saturated rings. The van der Waals surface area contributed by atoms with Gasteiger partial charge >= 0.3 is 0 Å². The topological polar surface area (TPSA) is 54.9 Å². The number of carbonyl (C=O) groups is 1. The van der Waals surface area contributed by atoms with Crippen molar-refractivity contribution in [3.05, 3.63) is 56.0 Å². The third kappa shape index (κ3) is 4.40. The largest absolute Gasteiger partial charge is 0.350 e. The maximum Gasteiger partial charge on any atom is 0.271 e. The van der Waals surface area contributed by atoms with E-state index in [1.807, 2.05) is 6.07 Å². The summed E-state index contributed by atoms with van der Waals surface area (Å²) in [7, 11) is 0. The van der Waals surface area contributed by atoms with Crippen molar-refractivity contribution in [2.75, 3.05) is 6.54 Å². The third-order valence-electron chi connectivity index (χ3n) is 2.77. The lowest BCUT2D eigenvalue weighted by molar-refractivity contribution is 0.0948. The molecule has 2 aromatic rings. The van der Waals surface area contributed by atoms with Gasteiger partial charge in [-0.05, 0) is 47.0 Å². The van der Waals surface area contributed by atoms with E-state index in [2.05, 4.69) is 31.2 Å². The molecule has 1 aromatic carbocycles. The molecular weight excluding hydrogens is 377 g/mol. The number of aryl methyl sites for hydroxylation is 1. The number of hydrogen-bond donors (Lipinski definition) is 1. The Hall–Kier alpha value is -1.17. The Morgan fingerprint density at radius 1 is 1.38 bits per heavy atom. The summed E-state index contributed by atoms with van der Waals surface area (Å²) in [5.74, 6) is 0.293. The van der Waals surface area contributed by atoms with Crippen LogP contribution in [-0.4, -0.2) is 22.4 Å². The molecule has 0 aliphatic heterocycles. The van der Waals surface area contributed by atoms with Crippen LogP contribution in [0.2, 0.25) is 10.0 Å². The molecule has 0 spiro atoms. The van der Waals surface area contributed by atoms with Crippen molar-refractivity contribution in [1.82, 2.24) is 15.3 Å². The lowest BCUT2D eigenvalue weighted by Crippen LogP contribution is -2.27.